The number of nitrogens with zero attached hydrogens (tertiary/aromatic N) is 1. The summed E-state index contributed by atoms with van der Waals surface area (Å²) in [6.07, 6.45) is 32.3. The first kappa shape index (κ1) is 48.8. The molecule has 2 atom stereocenters. The minimum atomic E-state index is -4.61. The Morgan fingerprint density at radius 3 is 1.48 bits per heavy atom. The van der Waals surface area contributed by atoms with Gasteiger partial charge in [-0.15, -0.1) is 0 Å². The summed E-state index contributed by atoms with van der Waals surface area (Å²) in [5.74, 6) is -0.839. The fraction of sp³-hybridized carbons (Fsp3) is 0.900. The molecule has 0 radical (unpaired) electrons. The second-order valence-electron chi connectivity index (χ2n) is 15.0. The number of quaternary nitrogens is 1. The van der Waals surface area contributed by atoms with Crippen molar-refractivity contribution in [1.82, 2.24) is 0 Å². The molecule has 0 spiro atoms. The Morgan fingerprint density at radius 1 is 0.600 bits per heavy atom. The standard InChI is InChI=1S/C40H78NO8P/c1-6-8-10-12-14-16-18-20-21-23-25-27-29-31-33-40(43)49-38(37-48-50(44,45)47-35-34-41(3,4)5)36-46-39(42)32-30-28-26-24-22-19-17-15-13-11-9-7-2/h18,20,38H,6-17,19,21-37H2,1-5H3/b20-18+/t38-/m1/s1. The predicted octanol–water partition coefficient (Wildman–Crippen LogP) is 10.4. The smallest absolute Gasteiger partial charge is 0.306 e. The quantitative estimate of drug-likeness (QED) is 0.0204. The molecule has 0 aromatic carbocycles. The second-order valence-corrected chi connectivity index (χ2v) is 16.4. The van der Waals surface area contributed by atoms with Crippen LogP contribution in [0.4, 0.5) is 0 Å². The van der Waals surface area contributed by atoms with Gasteiger partial charge in [-0.3, -0.25) is 14.2 Å². The number of likely N-dealkylation sites (N-methyl/N-ethyl adjacent to an activating group) is 1. The van der Waals surface area contributed by atoms with Gasteiger partial charge in [0.2, 0.25) is 0 Å². The molecule has 0 aromatic heterocycles. The molecular weight excluding hydrogens is 653 g/mol. The molecule has 0 bridgehead atoms. The first-order valence-electron chi connectivity index (χ1n) is 20.4. The molecule has 296 valence electrons. The van der Waals surface area contributed by atoms with Crippen LogP contribution in [-0.4, -0.2) is 70.0 Å². The van der Waals surface area contributed by atoms with Gasteiger partial charge in [-0.1, -0.05) is 142 Å². The molecule has 0 heterocycles. The largest absolute Gasteiger partial charge is 0.756 e. The van der Waals surface area contributed by atoms with Crippen LogP contribution in [0.3, 0.4) is 0 Å². The highest BCUT2D eigenvalue weighted by atomic mass is 31.2. The number of esters is 2. The number of carbonyl (C=O) groups excluding carboxylic acids is 2. The van der Waals surface area contributed by atoms with Crippen molar-refractivity contribution in [3.8, 4) is 0 Å². The molecule has 10 heteroatoms. The van der Waals surface area contributed by atoms with E-state index in [2.05, 4.69) is 26.0 Å². The molecule has 50 heavy (non-hydrogen) atoms. The van der Waals surface area contributed by atoms with Crippen molar-refractivity contribution in [2.24, 2.45) is 0 Å². The molecule has 0 aliphatic rings. The third kappa shape index (κ3) is 36.5. The summed E-state index contributed by atoms with van der Waals surface area (Å²) in [6, 6.07) is 0. The van der Waals surface area contributed by atoms with Gasteiger partial charge < -0.3 is 27.9 Å². The lowest BCUT2D eigenvalue weighted by molar-refractivity contribution is -0.870. The average molecular weight is 732 g/mol. The van der Waals surface area contributed by atoms with Gasteiger partial charge in [0.25, 0.3) is 7.82 Å². The van der Waals surface area contributed by atoms with E-state index >= 15 is 0 Å². The number of ether oxygens (including phenoxy) is 2. The van der Waals surface area contributed by atoms with Crippen molar-refractivity contribution in [3.05, 3.63) is 12.2 Å². The van der Waals surface area contributed by atoms with Crippen molar-refractivity contribution in [3.63, 3.8) is 0 Å². The van der Waals surface area contributed by atoms with Crippen molar-refractivity contribution < 1.29 is 42.1 Å². The minimum absolute atomic E-state index is 0.0296. The number of rotatable bonds is 37. The summed E-state index contributed by atoms with van der Waals surface area (Å²) in [4.78, 5) is 37.4. The number of phosphoric ester groups is 1. The van der Waals surface area contributed by atoms with Crippen molar-refractivity contribution >= 4 is 19.8 Å². The van der Waals surface area contributed by atoms with Crippen LogP contribution in [0.25, 0.3) is 0 Å². The van der Waals surface area contributed by atoms with E-state index < -0.39 is 26.5 Å². The molecule has 0 N–H and O–H groups in total. The Morgan fingerprint density at radius 2 is 1.02 bits per heavy atom. The number of phosphoric acid groups is 1. The van der Waals surface area contributed by atoms with Crippen LogP contribution in [0, 0.1) is 0 Å². The molecule has 0 amide bonds. The second kappa shape index (κ2) is 33.6. The van der Waals surface area contributed by atoms with Gasteiger partial charge in [0, 0.05) is 12.8 Å². The monoisotopic (exact) mass is 732 g/mol. The maximum absolute atomic E-state index is 12.6. The number of hydrogen-bond acceptors (Lipinski definition) is 8. The molecular formula is C40H78NO8P. The molecule has 0 saturated heterocycles. The highest BCUT2D eigenvalue weighted by molar-refractivity contribution is 7.45. The molecule has 9 nitrogen and oxygen atoms in total. The van der Waals surface area contributed by atoms with Crippen LogP contribution in [0.2, 0.25) is 0 Å². The van der Waals surface area contributed by atoms with E-state index in [9.17, 15) is 19.0 Å². The molecule has 1 unspecified atom stereocenters. The Kier molecular flexibility index (Phi) is 32.7. The molecule has 0 aliphatic carbocycles. The maximum atomic E-state index is 12.6. The minimum Gasteiger partial charge on any atom is -0.756 e. The summed E-state index contributed by atoms with van der Waals surface area (Å²) in [7, 11) is 1.17. The van der Waals surface area contributed by atoms with E-state index in [0.717, 1.165) is 51.4 Å². The maximum Gasteiger partial charge on any atom is 0.306 e. The molecule has 0 aromatic rings. The van der Waals surface area contributed by atoms with Gasteiger partial charge in [-0.2, -0.15) is 0 Å². The lowest BCUT2D eigenvalue weighted by Gasteiger charge is -2.28. The summed E-state index contributed by atoms with van der Waals surface area (Å²) >= 11 is 0. The van der Waals surface area contributed by atoms with Crippen LogP contribution < -0.4 is 4.89 Å². The Hall–Kier alpha value is -1.25. The Labute approximate surface area is 307 Å². The third-order valence-electron chi connectivity index (χ3n) is 8.79. The fourth-order valence-corrected chi connectivity index (χ4v) is 6.26. The van der Waals surface area contributed by atoms with Crippen LogP contribution >= 0.6 is 7.82 Å². The zero-order chi connectivity index (χ0) is 37.2. The van der Waals surface area contributed by atoms with Gasteiger partial charge >= 0.3 is 11.9 Å². The van der Waals surface area contributed by atoms with Crippen molar-refractivity contribution in [2.45, 2.75) is 187 Å². The highest BCUT2D eigenvalue weighted by Crippen LogP contribution is 2.38. The molecule has 0 aliphatic heterocycles. The van der Waals surface area contributed by atoms with E-state index in [1.54, 1.807) is 0 Å². The van der Waals surface area contributed by atoms with Gasteiger partial charge in [-0.05, 0) is 38.5 Å². The zero-order valence-corrected chi connectivity index (χ0v) is 34.0. The van der Waals surface area contributed by atoms with Crippen molar-refractivity contribution in [2.75, 3.05) is 47.5 Å². The molecule has 0 fully saturated rings. The van der Waals surface area contributed by atoms with Crippen LogP contribution in [0.1, 0.15) is 181 Å². The summed E-state index contributed by atoms with van der Waals surface area (Å²) in [5, 5.41) is 0. The number of unbranched alkanes of at least 4 members (excludes halogenated alkanes) is 21. The van der Waals surface area contributed by atoms with Crippen molar-refractivity contribution in [1.29, 1.82) is 0 Å². The summed E-state index contributed by atoms with van der Waals surface area (Å²) in [5.41, 5.74) is 0. The van der Waals surface area contributed by atoms with E-state index in [1.807, 2.05) is 21.1 Å². The normalized spacial score (nSPS) is 13.8. The van der Waals surface area contributed by atoms with Gasteiger partial charge in [0.1, 0.15) is 19.8 Å². The Balaban J connectivity index is 4.41. The van der Waals surface area contributed by atoms with Crippen LogP contribution in [-0.2, 0) is 32.7 Å². The van der Waals surface area contributed by atoms with E-state index in [4.69, 9.17) is 18.5 Å². The topological polar surface area (TPSA) is 111 Å². The molecule has 0 rings (SSSR count). The Bertz CT molecular complexity index is 876. The fourth-order valence-electron chi connectivity index (χ4n) is 5.53. The number of allylic oxidation sites excluding steroid dienone is 2. The number of hydrogen-bond donors (Lipinski definition) is 0. The lowest BCUT2D eigenvalue weighted by Crippen LogP contribution is -2.37. The average Bonchev–Trinajstić information content (AvgIpc) is 3.06. The van der Waals surface area contributed by atoms with E-state index in [0.29, 0.717) is 17.4 Å². The predicted molar refractivity (Wildman–Crippen MR) is 204 cm³/mol. The van der Waals surface area contributed by atoms with Gasteiger partial charge in [0.05, 0.1) is 27.7 Å². The van der Waals surface area contributed by atoms with Crippen LogP contribution in [0.15, 0.2) is 12.2 Å². The van der Waals surface area contributed by atoms with Crippen LogP contribution in [0.5, 0.6) is 0 Å². The summed E-state index contributed by atoms with van der Waals surface area (Å²) in [6.45, 7) is 4.20. The first-order chi connectivity index (χ1) is 24.0. The first-order valence-corrected chi connectivity index (χ1v) is 21.9. The van der Waals surface area contributed by atoms with E-state index in [-0.39, 0.29) is 32.0 Å². The van der Waals surface area contributed by atoms with Gasteiger partial charge in [-0.25, -0.2) is 0 Å². The summed E-state index contributed by atoms with van der Waals surface area (Å²) < 4.78 is 33.8. The lowest BCUT2D eigenvalue weighted by atomic mass is 10.0. The molecule has 0 saturated carbocycles. The zero-order valence-electron chi connectivity index (χ0n) is 33.1. The SMILES string of the molecule is CCCCCCC/C=C/CCCCCCCC(=O)O[C@H](COC(=O)CCCCCCCCCCCCCC)COP(=O)([O-])OCC[N+](C)(C)C. The third-order valence-corrected chi connectivity index (χ3v) is 9.75. The van der Waals surface area contributed by atoms with E-state index in [1.165, 1.54) is 96.3 Å². The van der Waals surface area contributed by atoms with Gasteiger partial charge in [0.15, 0.2) is 6.10 Å². The number of carbonyl (C=O) groups is 2. The highest BCUT2D eigenvalue weighted by Gasteiger charge is 2.21.